The van der Waals surface area contributed by atoms with Crippen LogP contribution in [0.15, 0.2) is 16.9 Å². The second kappa shape index (κ2) is 8.65. The Morgan fingerprint density at radius 3 is 2.77 bits per heavy atom. The minimum Gasteiger partial charge on any atom is -0.495 e. The van der Waals surface area contributed by atoms with Crippen LogP contribution in [0.4, 0.5) is 5.69 Å². The van der Waals surface area contributed by atoms with Crippen LogP contribution in [0.3, 0.4) is 0 Å². The van der Waals surface area contributed by atoms with Crippen LogP contribution in [-0.2, 0) is 24.1 Å². The van der Waals surface area contributed by atoms with Crippen LogP contribution in [0.5, 0.6) is 11.5 Å². The number of aromatic nitrogens is 2. The van der Waals surface area contributed by atoms with Crippen molar-refractivity contribution in [2.24, 2.45) is 0 Å². The number of aromatic amines is 1. The minimum absolute atomic E-state index is 0.112. The van der Waals surface area contributed by atoms with Crippen molar-refractivity contribution >= 4 is 44.7 Å². The van der Waals surface area contributed by atoms with Gasteiger partial charge in [0.2, 0.25) is 5.91 Å². The monoisotopic (exact) mass is 447 g/mol. The fourth-order valence-electron chi connectivity index (χ4n) is 3.73. The van der Waals surface area contributed by atoms with E-state index in [9.17, 15) is 9.59 Å². The number of amides is 1. The van der Waals surface area contributed by atoms with Gasteiger partial charge in [0, 0.05) is 29.9 Å². The first-order valence-corrected chi connectivity index (χ1v) is 10.9. The van der Waals surface area contributed by atoms with E-state index in [1.54, 1.807) is 23.5 Å². The largest absolute Gasteiger partial charge is 0.495 e. The maximum atomic E-state index is 12.6. The zero-order chi connectivity index (χ0) is 21.3. The summed E-state index contributed by atoms with van der Waals surface area (Å²) < 4.78 is 10.5. The number of hydrogen-bond acceptors (Lipinski definition) is 6. The molecule has 30 heavy (non-hydrogen) atoms. The van der Waals surface area contributed by atoms with E-state index in [0.717, 1.165) is 41.5 Å². The number of anilines is 1. The van der Waals surface area contributed by atoms with Gasteiger partial charge in [-0.3, -0.25) is 9.59 Å². The number of halogens is 1. The molecule has 0 unspecified atom stereocenters. The van der Waals surface area contributed by atoms with E-state index >= 15 is 0 Å². The van der Waals surface area contributed by atoms with Gasteiger partial charge >= 0.3 is 0 Å². The molecule has 0 fully saturated rings. The maximum absolute atomic E-state index is 12.6. The molecule has 1 amide bonds. The number of rotatable bonds is 6. The van der Waals surface area contributed by atoms with Crippen molar-refractivity contribution in [3.05, 3.63) is 43.8 Å². The molecule has 4 rings (SSSR count). The first-order valence-electron chi connectivity index (χ1n) is 9.75. The number of H-pyrrole nitrogens is 1. The molecule has 0 aliphatic heterocycles. The number of nitrogens with zero attached hydrogens (tertiary/aromatic N) is 1. The maximum Gasteiger partial charge on any atom is 0.259 e. The molecule has 3 aromatic rings. The Kier molecular flexibility index (Phi) is 5.97. The fraction of sp³-hybridized carbons (Fsp3) is 0.381. The van der Waals surface area contributed by atoms with E-state index in [1.165, 1.54) is 19.1 Å². The van der Waals surface area contributed by atoms with E-state index in [-0.39, 0.29) is 17.9 Å². The number of thiophene rings is 1. The highest BCUT2D eigenvalue weighted by atomic mass is 35.5. The van der Waals surface area contributed by atoms with E-state index in [4.69, 9.17) is 21.1 Å². The highest BCUT2D eigenvalue weighted by Gasteiger charge is 2.20. The third-order valence-corrected chi connectivity index (χ3v) is 6.69. The molecule has 1 aromatic carbocycles. The third kappa shape index (κ3) is 4.02. The van der Waals surface area contributed by atoms with Gasteiger partial charge in [-0.2, -0.15) is 0 Å². The molecule has 0 radical (unpaired) electrons. The van der Waals surface area contributed by atoms with Crippen molar-refractivity contribution < 1.29 is 14.3 Å². The second-order valence-electron chi connectivity index (χ2n) is 7.14. The molecule has 2 heterocycles. The first-order chi connectivity index (χ1) is 14.5. The summed E-state index contributed by atoms with van der Waals surface area (Å²) in [4.78, 5) is 34.6. The molecule has 7 nitrogen and oxygen atoms in total. The lowest BCUT2D eigenvalue weighted by Crippen LogP contribution is -2.17. The summed E-state index contributed by atoms with van der Waals surface area (Å²) in [6.07, 6.45) is 4.71. The number of aryl methyl sites for hydroxylation is 3. The number of ether oxygens (including phenoxy) is 2. The molecular formula is C21H22ClN3O4S. The number of methoxy groups -OCH3 is 2. The number of fused-ring (bicyclic) bond motifs is 3. The highest BCUT2D eigenvalue weighted by molar-refractivity contribution is 7.18. The van der Waals surface area contributed by atoms with Crippen molar-refractivity contribution in [1.29, 1.82) is 0 Å². The van der Waals surface area contributed by atoms with Gasteiger partial charge in [0.25, 0.3) is 5.56 Å². The predicted molar refractivity (Wildman–Crippen MR) is 118 cm³/mol. The van der Waals surface area contributed by atoms with Gasteiger partial charge in [0.15, 0.2) is 0 Å². The molecule has 0 bridgehead atoms. The number of carbonyl (C=O) groups excluding carboxylic acids is 1. The zero-order valence-corrected chi connectivity index (χ0v) is 18.3. The van der Waals surface area contributed by atoms with Crippen LogP contribution < -0.4 is 20.3 Å². The lowest BCUT2D eigenvalue weighted by Gasteiger charge is -2.13. The SMILES string of the molecule is COc1cc(NC(=O)CCc2nc3sc4c(c3c(=O)[nH]2)CCCC4)c(OC)cc1Cl. The quantitative estimate of drug-likeness (QED) is 0.593. The van der Waals surface area contributed by atoms with Crippen LogP contribution in [0.2, 0.25) is 5.02 Å². The van der Waals surface area contributed by atoms with Crippen LogP contribution in [-0.4, -0.2) is 30.1 Å². The van der Waals surface area contributed by atoms with Gasteiger partial charge in [-0.25, -0.2) is 4.98 Å². The Morgan fingerprint density at radius 2 is 2.00 bits per heavy atom. The summed E-state index contributed by atoms with van der Waals surface area (Å²) in [6, 6.07) is 3.20. The lowest BCUT2D eigenvalue weighted by atomic mass is 9.97. The molecule has 9 heteroatoms. The molecule has 2 aromatic heterocycles. The van der Waals surface area contributed by atoms with E-state index < -0.39 is 0 Å². The summed E-state index contributed by atoms with van der Waals surface area (Å²) in [5.74, 6) is 1.16. The van der Waals surface area contributed by atoms with Crippen molar-refractivity contribution in [2.75, 3.05) is 19.5 Å². The van der Waals surface area contributed by atoms with E-state index in [2.05, 4.69) is 15.3 Å². The lowest BCUT2D eigenvalue weighted by molar-refractivity contribution is -0.116. The molecular weight excluding hydrogens is 426 g/mol. The molecule has 0 atom stereocenters. The summed E-state index contributed by atoms with van der Waals surface area (Å²) in [5.41, 5.74) is 1.51. The zero-order valence-electron chi connectivity index (χ0n) is 16.8. The summed E-state index contributed by atoms with van der Waals surface area (Å²) in [6.45, 7) is 0. The highest BCUT2D eigenvalue weighted by Crippen LogP contribution is 2.36. The molecule has 0 spiro atoms. The number of nitrogens with one attached hydrogen (secondary N) is 2. The van der Waals surface area contributed by atoms with Gasteiger partial charge in [-0.15, -0.1) is 11.3 Å². The molecule has 1 aliphatic rings. The van der Waals surface area contributed by atoms with Gasteiger partial charge in [0.05, 0.1) is 30.3 Å². The van der Waals surface area contributed by atoms with Crippen molar-refractivity contribution in [3.8, 4) is 11.5 Å². The fourth-order valence-corrected chi connectivity index (χ4v) is 5.24. The Bertz CT molecular complexity index is 1170. The normalized spacial score (nSPS) is 13.2. The van der Waals surface area contributed by atoms with Crippen LogP contribution in [0.1, 0.15) is 35.5 Å². The Labute approximate surface area is 182 Å². The summed E-state index contributed by atoms with van der Waals surface area (Å²) in [5, 5.41) is 3.92. The second-order valence-corrected chi connectivity index (χ2v) is 8.63. The minimum atomic E-state index is -0.231. The van der Waals surface area contributed by atoms with Crippen LogP contribution in [0.25, 0.3) is 10.2 Å². The first kappa shape index (κ1) is 20.7. The predicted octanol–water partition coefficient (Wildman–Crippen LogP) is 4.11. The topological polar surface area (TPSA) is 93.3 Å². The van der Waals surface area contributed by atoms with Gasteiger partial charge in [-0.1, -0.05) is 11.6 Å². The average Bonchev–Trinajstić information content (AvgIpc) is 3.12. The van der Waals surface area contributed by atoms with Crippen LogP contribution >= 0.6 is 22.9 Å². The summed E-state index contributed by atoms with van der Waals surface area (Å²) >= 11 is 7.70. The molecule has 0 saturated carbocycles. The van der Waals surface area contributed by atoms with Crippen molar-refractivity contribution in [2.45, 2.75) is 38.5 Å². The van der Waals surface area contributed by atoms with Gasteiger partial charge in [-0.05, 0) is 31.2 Å². The number of hydrogen-bond donors (Lipinski definition) is 2. The Morgan fingerprint density at radius 1 is 1.23 bits per heavy atom. The van der Waals surface area contributed by atoms with Gasteiger partial charge < -0.3 is 19.8 Å². The standard InChI is InChI=1S/C21H22ClN3O4S/c1-28-14-10-13(15(29-2)9-12(14)22)23-18(26)8-7-17-24-20(27)19-11-5-3-4-6-16(11)30-21(19)25-17/h9-10H,3-8H2,1-2H3,(H,23,26)(H,24,25,27). The van der Waals surface area contributed by atoms with Gasteiger partial charge in [0.1, 0.15) is 22.2 Å². The number of benzene rings is 1. The Balaban J connectivity index is 1.49. The van der Waals surface area contributed by atoms with Crippen molar-refractivity contribution in [3.63, 3.8) is 0 Å². The molecule has 2 N–H and O–H groups in total. The summed E-state index contributed by atoms with van der Waals surface area (Å²) in [7, 11) is 3.00. The number of carbonyl (C=O) groups is 1. The van der Waals surface area contributed by atoms with Crippen molar-refractivity contribution in [1.82, 2.24) is 9.97 Å². The molecule has 1 aliphatic carbocycles. The molecule has 0 saturated heterocycles. The van der Waals surface area contributed by atoms with E-state index in [0.29, 0.717) is 34.5 Å². The molecule has 158 valence electrons. The van der Waals surface area contributed by atoms with Crippen LogP contribution in [0, 0.1) is 0 Å². The van der Waals surface area contributed by atoms with E-state index in [1.807, 2.05) is 0 Å². The average molecular weight is 448 g/mol. The Hall–Kier alpha value is -2.58. The smallest absolute Gasteiger partial charge is 0.259 e. The third-order valence-electron chi connectivity index (χ3n) is 5.21.